The lowest BCUT2D eigenvalue weighted by Gasteiger charge is -2.30. The zero-order valence-electron chi connectivity index (χ0n) is 9.78. The van der Waals surface area contributed by atoms with Crippen LogP contribution < -0.4 is 0 Å². The van der Waals surface area contributed by atoms with Crippen LogP contribution in [0.5, 0.6) is 0 Å². The van der Waals surface area contributed by atoms with Crippen LogP contribution in [0.4, 0.5) is 0 Å². The molecule has 0 N–H and O–H groups in total. The highest BCUT2D eigenvalue weighted by molar-refractivity contribution is 6.69. The van der Waals surface area contributed by atoms with E-state index in [1.165, 1.54) is 5.57 Å². The molecule has 0 radical (unpaired) electrons. The van der Waals surface area contributed by atoms with Gasteiger partial charge in [0.2, 0.25) is 0 Å². The Balaban J connectivity index is 2.49. The number of halogens is 1. The molecule has 2 heterocycles. The Morgan fingerprint density at radius 2 is 2.25 bits per heavy atom. The summed E-state index contributed by atoms with van der Waals surface area (Å²) in [4.78, 5) is 6.51. The summed E-state index contributed by atoms with van der Waals surface area (Å²) in [7, 11) is 0. The van der Waals surface area contributed by atoms with Gasteiger partial charge in [-0.25, -0.2) is 4.99 Å². The summed E-state index contributed by atoms with van der Waals surface area (Å²) in [6.07, 6.45) is 11.4. The standard InChI is InChI=1S/C13H17ClN2/c1-10-6-3-4-9-16-11(2)7-5-8-15-13(14)12(10)16/h4-5,8-9,11H,3,6-7H2,1-2H3/b8-5+,15-13?. The van der Waals surface area contributed by atoms with Crippen molar-refractivity contribution in [2.24, 2.45) is 4.99 Å². The minimum atomic E-state index is 0.430. The highest BCUT2D eigenvalue weighted by atomic mass is 35.5. The molecule has 0 aromatic rings. The number of allylic oxidation sites excluding steroid dienone is 3. The van der Waals surface area contributed by atoms with E-state index in [0.29, 0.717) is 11.2 Å². The quantitative estimate of drug-likeness (QED) is 0.625. The normalized spacial score (nSPS) is 27.8. The van der Waals surface area contributed by atoms with E-state index in [9.17, 15) is 0 Å². The van der Waals surface area contributed by atoms with Gasteiger partial charge in [0.15, 0.2) is 5.17 Å². The fourth-order valence-corrected chi connectivity index (χ4v) is 2.42. The van der Waals surface area contributed by atoms with Crippen LogP contribution in [0.25, 0.3) is 0 Å². The molecular formula is C13H17ClN2. The number of aliphatic imine (C=N–C) groups is 1. The molecule has 2 aliphatic heterocycles. The third-order valence-corrected chi connectivity index (χ3v) is 3.33. The molecule has 0 saturated heterocycles. The second-order valence-corrected chi connectivity index (χ2v) is 4.71. The Bertz CT molecular complexity index is 391. The van der Waals surface area contributed by atoms with Gasteiger partial charge < -0.3 is 4.90 Å². The first-order valence-electron chi connectivity index (χ1n) is 5.73. The highest BCUT2D eigenvalue weighted by Gasteiger charge is 2.21. The van der Waals surface area contributed by atoms with Crippen molar-refractivity contribution in [3.63, 3.8) is 0 Å². The molecule has 16 heavy (non-hydrogen) atoms. The van der Waals surface area contributed by atoms with Crippen molar-refractivity contribution in [1.29, 1.82) is 0 Å². The van der Waals surface area contributed by atoms with Gasteiger partial charge in [-0.2, -0.15) is 0 Å². The van der Waals surface area contributed by atoms with Gasteiger partial charge in [0.25, 0.3) is 0 Å². The van der Waals surface area contributed by atoms with Crippen LogP contribution in [0.1, 0.15) is 33.1 Å². The van der Waals surface area contributed by atoms with Crippen molar-refractivity contribution in [1.82, 2.24) is 4.90 Å². The Morgan fingerprint density at radius 1 is 1.44 bits per heavy atom. The van der Waals surface area contributed by atoms with Crippen molar-refractivity contribution in [2.45, 2.75) is 39.2 Å². The fourth-order valence-electron chi connectivity index (χ4n) is 2.10. The summed E-state index contributed by atoms with van der Waals surface area (Å²) in [6, 6.07) is 0.430. The Hall–Kier alpha value is -1.02. The Labute approximate surface area is 102 Å². The number of nitrogens with zero attached hydrogens (tertiary/aromatic N) is 2. The fraction of sp³-hybridized carbons (Fsp3) is 0.462. The van der Waals surface area contributed by atoms with Gasteiger partial charge in [-0.1, -0.05) is 23.8 Å². The van der Waals surface area contributed by atoms with Crippen molar-refractivity contribution in [3.8, 4) is 0 Å². The minimum absolute atomic E-state index is 0.430. The molecule has 0 amide bonds. The van der Waals surface area contributed by atoms with Crippen LogP contribution in [-0.4, -0.2) is 16.1 Å². The van der Waals surface area contributed by atoms with E-state index >= 15 is 0 Å². The Morgan fingerprint density at radius 3 is 3.06 bits per heavy atom. The summed E-state index contributed by atoms with van der Waals surface area (Å²) in [5.74, 6) is 0. The van der Waals surface area contributed by atoms with Crippen LogP contribution in [0.2, 0.25) is 0 Å². The van der Waals surface area contributed by atoms with Crippen molar-refractivity contribution in [2.75, 3.05) is 0 Å². The van der Waals surface area contributed by atoms with Gasteiger partial charge in [-0.3, -0.25) is 0 Å². The van der Waals surface area contributed by atoms with Gasteiger partial charge in [-0.15, -0.1) is 0 Å². The van der Waals surface area contributed by atoms with E-state index in [1.54, 1.807) is 0 Å². The van der Waals surface area contributed by atoms with E-state index in [0.717, 1.165) is 25.0 Å². The summed E-state index contributed by atoms with van der Waals surface area (Å²) in [6.45, 7) is 4.36. The molecule has 86 valence electrons. The molecule has 0 bridgehead atoms. The SMILES string of the molecule is CC1=C2C(Cl)=N/C=C/CC(C)N2C=CCC1. The van der Waals surface area contributed by atoms with E-state index < -0.39 is 0 Å². The lowest BCUT2D eigenvalue weighted by Crippen LogP contribution is -2.30. The molecule has 1 atom stereocenters. The van der Waals surface area contributed by atoms with Crippen LogP contribution in [0.3, 0.4) is 0 Å². The molecule has 1 unspecified atom stereocenters. The third-order valence-electron chi connectivity index (χ3n) is 3.06. The first-order valence-corrected chi connectivity index (χ1v) is 6.11. The molecule has 0 saturated carbocycles. The lowest BCUT2D eigenvalue weighted by molar-refractivity contribution is 0.375. The van der Waals surface area contributed by atoms with Crippen LogP contribution in [-0.2, 0) is 0 Å². The maximum atomic E-state index is 6.27. The second kappa shape index (κ2) is 4.88. The molecule has 2 nitrogen and oxygen atoms in total. The number of fused-ring (bicyclic) bond motifs is 1. The molecule has 0 aliphatic carbocycles. The smallest absolute Gasteiger partial charge is 0.152 e. The number of hydrogen-bond acceptors (Lipinski definition) is 2. The van der Waals surface area contributed by atoms with E-state index in [1.807, 2.05) is 6.20 Å². The van der Waals surface area contributed by atoms with Crippen LogP contribution >= 0.6 is 11.6 Å². The van der Waals surface area contributed by atoms with E-state index in [-0.39, 0.29) is 0 Å². The third kappa shape index (κ3) is 2.22. The zero-order valence-corrected chi connectivity index (χ0v) is 10.5. The van der Waals surface area contributed by atoms with E-state index in [2.05, 4.69) is 42.1 Å². The predicted octanol–water partition coefficient (Wildman–Crippen LogP) is 3.81. The summed E-state index contributed by atoms with van der Waals surface area (Å²) < 4.78 is 0. The topological polar surface area (TPSA) is 15.6 Å². The maximum Gasteiger partial charge on any atom is 0.152 e. The zero-order chi connectivity index (χ0) is 11.5. The van der Waals surface area contributed by atoms with Gasteiger partial charge in [0, 0.05) is 18.4 Å². The first-order chi connectivity index (χ1) is 7.70. The second-order valence-electron chi connectivity index (χ2n) is 4.35. The molecule has 2 aliphatic rings. The van der Waals surface area contributed by atoms with Crippen molar-refractivity contribution >= 4 is 16.8 Å². The molecule has 0 aromatic carbocycles. The number of rotatable bonds is 0. The summed E-state index contributed by atoms with van der Waals surface area (Å²) in [5.41, 5.74) is 2.41. The molecule has 2 rings (SSSR count). The first kappa shape index (κ1) is 11.5. The van der Waals surface area contributed by atoms with Crippen LogP contribution in [0, 0.1) is 0 Å². The lowest BCUT2D eigenvalue weighted by atomic mass is 10.1. The molecule has 0 aromatic heterocycles. The molecular weight excluding hydrogens is 220 g/mol. The van der Waals surface area contributed by atoms with Gasteiger partial charge in [-0.05, 0) is 38.7 Å². The predicted molar refractivity (Wildman–Crippen MR) is 69.4 cm³/mol. The Kier molecular flexibility index (Phi) is 3.49. The molecule has 3 heteroatoms. The maximum absolute atomic E-state index is 6.27. The molecule has 0 spiro atoms. The largest absolute Gasteiger partial charge is 0.343 e. The molecule has 0 fully saturated rings. The van der Waals surface area contributed by atoms with Crippen molar-refractivity contribution in [3.05, 3.63) is 35.8 Å². The van der Waals surface area contributed by atoms with Crippen molar-refractivity contribution < 1.29 is 0 Å². The highest BCUT2D eigenvalue weighted by Crippen LogP contribution is 2.27. The monoisotopic (exact) mass is 236 g/mol. The minimum Gasteiger partial charge on any atom is -0.343 e. The van der Waals surface area contributed by atoms with Gasteiger partial charge >= 0.3 is 0 Å². The average molecular weight is 237 g/mol. The summed E-state index contributed by atoms with van der Waals surface area (Å²) >= 11 is 6.27. The summed E-state index contributed by atoms with van der Waals surface area (Å²) in [5, 5.41) is 0.604. The number of hydrogen-bond donors (Lipinski definition) is 0. The van der Waals surface area contributed by atoms with E-state index in [4.69, 9.17) is 11.6 Å². The van der Waals surface area contributed by atoms with Gasteiger partial charge in [0.05, 0.1) is 5.70 Å². The average Bonchev–Trinajstić information content (AvgIpc) is 2.44. The van der Waals surface area contributed by atoms with Gasteiger partial charge in [0.1, 0.15) is 0 Å². The van der Waals surface area contributed by atoms with Crippen LogP contribution in [0.15, 0.2) is 40.8 Å².